The van der Waals surface area contributed by atoms with Crippen LogP contribution in [0.1, 0.15) is 15.9 Å². The van der Waals surface area contributed by atoms with Gasteiger partial charge in [0, 0.05) is 67.4 Å². The maximum absolute atomic E-state index is 12.5. The van der Waals surface area contributed by atoms with Gasteiger partial charge in [-0.3, -0.25) is 9.59 Å². The fraction of sp³-hybridized carbons (Fsp3) is 0.0588. The molecule has 0 amide bonds. The fourth-order valence-electron chi connectivity index (χ4n) is 2.42. The predicted octanol–water partition coefficient (Wildman–Crippen LogP) is 0.826. The second-order valence-corrected chi connectivity index (χ2v) is 4.80. The van der Waals surface area contributed by atoms with Crippen LogP contribution in [0.25, 0.3) is 10.9 Å². The van der Waals surface area contributed by atoms with Crippen LogP contribution in [-0.2, 0) is 7.05 Å². The SMILES string of the molecule is Cn1c(=O)c(C(=O)c2ccccc2)c(O)c2ccccc21.O.O.[Eu]. The Labute approximate surface area is 178 Å². The number of ketones is 1. The van der Waals surface area contributed by atoms with Crippen molar-refractivity contribution in [2.24, 2.45) is 7.05 Å². The van der Waals surface area contributed by atoms with Crippen molar-refractivity contribution < 1.29 is 70.2 Å². The fourth-order valence-corrected chi connectivity index (χ4v) is 2.42. The minimum atomic E-state index is -0.500. The van der Waals surface area contributed by atoms with Gasteiger partial charge in [0.25, 0.3) is 5.56 Å². The zero-order chi connectivity index (χ0) is 15.0. The first-order valence-corrected chi connectivity index (χ1v) is 6.51. The van der Waals surface area contributed by atoms with Crippen molar-refractivity contribution in [2.45, 2.75) is 0 Å². The zero-order valence-corrected chi connectivity index (χ0v) is 15.2. The van der Waals surface area contributed by atoms with Gasteiger partial charge >= 0.3 is 0 Å². The average molecular weight is 467 g/mol. The van der Waals surface area contributed by atoms with Crippen LogP contribution < -0.4 is 5.56 Å². The normalized spacial score (nSPS) is 9.38. The summed E-state index contributed by atoms with van der Waals surface area (Å²) in [7, 11) is 1.59. The summed E-state index contributed by atoms with van der Waals surface area (Å²) < 4.78 is 1.38. The number of fused-ring (bicyclic) bond motifs is 1. The predicted molar refractivity (Wildman–Crippen MR) is 88.0 cm³/mol. The van der Waals surface area contributed by atoms with Crippen molar-refractivity contribution in [2.75, 3.05) is 0 Å². The van der Waals surface area contributed by atoms with Gasteiger partial charge in [-0.1, -0.05) is 42.5 Å². The van der Waals surface area contributed by atoms with E-state index >= 15 is 0 Å². The van der Waals surface area contributed by atoms with E-state index in [9.17, 15) is 14.7 Å². The second kappa shape index (κ2) is 9.20. The monoisotopic (exact) mass is 468 g/mol. The Morgan fingerprint density at radius 3 is 2.12 bits per heavy atom. The van der Waals surface area contributed by atoms with Gasteiger partial charge in [0.15, 0.2) is 0 Å². The van der Waals surface area contributed by atoms with Crippen LogP contribution in [0.15, 0.2) is 59.4 Å². The van der Waals surface area contributed by atoms with E-state index in [0.29, 0.717) is 16.5 Å². The molecule has 0 bridgehead atoms. The van der Waals surface area contributed by atoms with Gasteiger partial charge in [-0.2, -0.15) is 0 Å². The number of hydrogen-bond donors (Lipinski definition) is 1. The van der Waals surface area contributed by atoms with E-state index < -0.39 is 11.3 Å². The Bertz CT molecular complexity index is 906. The molecule has 6 nitrogen and oxygen atoms in total. The Hall–Kier alpha value is -1.38. The van der Waals surface area contributed by atoms with Crippen molar-refractivity contribution >= 4 is 16.7 Å². The number of carbonyl (C=O) groups excluding carboxylic acids is 1. The van der Waals surface area contributed by atoms with Crippen LogP contribution in [-0.4, -0.2) is 26.4 Å². The Morgan fingerprint density at radius 1 is 0.958 bits per heavy atom. The number of rotatable bonds is 2. The van der Waals surface area contributed by atoms with Crippen molar-refractivity contribution in [1.82, 2.24) is 4.57 Å². The maximum Gasteiger partial charge on any atom is 0.265 e. The molecule has 0 spiro atoms. The van der Waals surface area contributed by atoms with Crippen LogP contribution >= 0.6 is 0 Å². The number of benzene rings is 2. The van der Waals surface area contributed by atoms with Crippen molar-refractivity contribution in [3.63, 3.8) is 0 Å². The number of hydrogen-bond acceptors (Lipinski definition) is 3. The standard InChI is InChI=1S/C17H13NO3.Eu.2H2O/c1-18-13-10-6-5-9-12(13)16(20)14(17(18)21)15(19)11-7-3-2-4-8-11;;;/h2-10,20H,1H3;;2*1H2. The van der Waals surface area contributed by atoms with Gasteiger partial charge in [0.05, 0.1) is 5.52 Å². The summed E-state index contributed by atoms with van der Waals surface area (Å²) in [6.07, 6.45) is 0. The molecule has 0 aliphatic rings. The summed E-state index contributed by atoms with van der Waals surface area (Å²) >= 11 is 0. The molecule has 0 atom stereocenters. The van der Waals surface area contributed by atoms with Crippen molar-refractivity contribution in [3.8, 4) is 5.75 Å². The van der Waals surface area contributed by atoms with Gasteiger partial charge in [-0.15, -0.1) is 0 Å². The summed E-state index contributed by atoms with van der Waals surface area (Å²) in [5.41, 5.74) is 0.271. The molecular formula is C17H17EuNO5. The van der Waals surface area contributed by atoms with E-state index in [0.717, 1.165) is 0 Å². The van der Waals surface area contributed by atoms with Crippen molar-refractivity contribution in [3.05, 3.63) is 76.1 Å². The quantitative estimate of drug-likeness (QED) is 0.562. The summed E-state index contributed by atoms with van der Waals surface area (Å²) in [5, 5.41) is 10.8. The van der Waals surface area contributed by atoms with E-state index in [4.69, 9.17) is 0 Å². The third-order valence-corrected chi connectivity index (χ3v) is 3.54. The van der Waals surface area contributed by atoms with Gasteiger partial charge < -0.3 is 20.6 Å². The number of aromatic hydroxyl groups is 1. The number of carbonyl (C=O) groups is 1. The molecule has 1 radical (unpaired) electrons. The molecule has 0 unspecified atom stereocenters. The molecule has 5 N–H and O–H groups in total. The van der Waals surface area contributed by atoms with Crippen molar-refractivity contribution in [1.29, 1.82) is 0 Å². The molecule has 0 saturated carbocycles. The van der Waals surface area contributed by atoms with E-state index in [1.165, 1.54) is 4.57 Å². The van der Waals surface area contributed by atoms with Crippen LogP contribution in [0.4, 0.5) is 0 Å². The molecule has 2 aromatic carbocycles. The largest absolute Gasteiger partial charge is 0.506 e. The minimum Gasteiger partial charge on any atom is -0.506 e. The second-order valence-electron chi connectivity index (χ2n) is 4.80. The Balaban J connectivity index is 0.00000176. The minimum absolute atomic E-state index is 0. The molecule has 0 fully saturated rings. The molecule has 0 saturated heterocycles. The molecule has 0 aliphatic carbocycles. The number of para-hydroxylation sites is 1. The third kappa shape index (κ3) is 3.82. The number of aryl methyl sites for hydroxylation is 1. The van der Waals surface area contributed by atoms with Gasteiger partial charge in [-0.05, 0) is 12.1 Å². The molecule has 3 rings (SSSR count). The van der Waals surface area contributed by atoms with Crippen LogP contribution in [0.5, 0.6) is 5.75 Å². The van der Waals surface area contributed by atoms with E-state index in [1.54, 1.807) is 61.6 Å². The molecule has 1 heterocycles. The molecular weight excluding hydrogens is 450 g/mol. The van der Waals surface area contributed by atoms with E-state index in [2.05, 4.69) is 0 Å². The number of nitrogens with zero attached hydrogens (tertiary/aromatic N) is 1. The smallest absolute Gasteiger partial charge is 0.265 e. The first-order chi connectivity index (χ1) is 10.1. The number of pyridine rings is 1. The molecule has 7 heteroatoms. The van der Waals surface area contributed by atoms with Crippen LogP contribution in [0.2, 0.25) is 0 Å². The summed E-state index contributed by atoms with van der Waals surface area (Å²) in [4.78, 5) is 24.9. The van der Waals surface area contributed by atoms with Gasteiger partial charge in [0.2, 0.25) is 5.78 Å². The third-order valence-electron chi connectivity index (χ3n) is 3.54. The summed E-state index contributed by atoms with van der Waals surface area (Å²) in [5.74, 6) is -0.734. The first kappa shape index (κ1) is 22.6. The van der Waals surface area contributed by atoms with Crippen LogP contribution in [0, 0.1) is 49.4 Å². The molecule has 1 aromatic heterocycles. The first-order valence-electron chi connectivity index (χ1n) is 6.51. The summed E-state index contributed by atoms with van der Waals surface area (Å²) in [6, 6.07) is 15.4. The number of aromatic nitrogens is 1. The Morgan fingerprint density at radius 2 is 1.50 bits per heavy atom. The van der Waals surface area contributed by atoms with Gasteiger partial charge in [-0.25, -0.2) is 0 Å². The molecule has 0 aliphatic heterocycles. The topological polar surface area (TPSA) is 122 Å². The molecule has 127 valence electrons. The molecule has 24 heavy (non-hydrogen) atoms. The Kier molecular flexibility index (Phi) is 8.67. The maximum atomic E-state index is 12.5. The van der Waals surface area contributed by atoms with Crippen LogP contribution in [0.3, 0.4) is 0 Å². The van der Waals surface area contributed by atoms with E-state index in [-0.39, 0.29) is 71.6 Å². The van der Waals surface area contributed by atoms with Gasteiger partial charge in [0.1, 0.15) is 11.3 Å². The molecule has 3 aromatic rings. The van der Waals surface area contributed by atoms with E-state index in [1.807, 2.05) is 0 Å². The zero-order valence-electron chi connectivity index (χ0n) is 12.8. The summed E-state index contributed by atoms with van der Waals surface area (Å²) in [6.45, 7) is 0. The average Bonchev–Trinajstić information content (AvgIpc) is 2.53.